The van der Waals surface area contributed by atoms with Gasteiger partial charge in [-0.1, -0.05) is 27.2 Å². The summed E-state index contributed by atoms with van der Waals surface area (Å²) in [5.74, 6) is -0.327. The second kappa shape index (κ2) is 5.10. The minimum Gasteiger partial charge on any atom is -0.326 e. The average Bonchev–Trinajstić information content (AvgIpc) is 2.21. The van der Waals surface area contributed by atoms with Gasteiger partial charge in [-0.15, -0.1) is 0 Å². The van der Waals surface area contributed by atoms with Crippen LogP contribution < -0.4 is 5.32 Å². The van der Waals surface area contributed by atoms with E-state index in [1.165, 1.54) is 12.1 Å². The molecule has 16 heavy (non-hydrogen) atoms. The van der Waals surface area contributed by atoms with Gasteiger partial charge in [0.2, 0.25) is 5.91 Å². The Bertz CT molecular complexity index is 357. The molecule has 2 nitrogen and oxygen atoms in total. The third-order valence-electron chi connectivity index (χ3n) is 2.59. The Kier molecular flexibility index (Phi) is 4.05. The molecule has 88 valence electrons. The fraction of sp³-hybridized carbons (Fsp3) is 0.462. The predicted molar refractivity (Wildman–Crippen MR) is 63.7 cm³/mol. The number of amides is 1. The highest BCUT2D eigenvalue weighted by molar-refractivity contribution is 5.94. The third-order valence-corrected chi connectivity index (χ3v) is 2.59. The number of rotatable bonds is 4. The van der Waals surface area contributed by atoms with E-state index in [0.717, 1.165) is 12.8 Å². The molecule has 0 saturated carbocycles. The normalized spacial score (nSPS) is 11.2. The monoisotopic (exact) mass is 223 g/mol. The minimum atomic E-state index is -0.386. The summed E-state index contributed by atoms with van der Waals surface area (Å²) in [7, 11) is 0. The van der Waals surface area contributed by atoms with Gasteiger partial charge in [0.15, 0.2) is 0 Å². The van der Waals surface area contributed by atoms with Crippen LogP contribution >= 0.6 is 0 Å². The molecule has 1 aromatic carbocycles. The molecule has 0 atom stereocenters. The van der Waals surface area contributed by atoms with Gasteiger partial charge in [-0.3, -0.25) is 4.79 Å². The second-order valence-corrected chi connectivity index (χ2v) is 4.59. The Morgan fingerprint density at radius 2 is 1.88 bits per heavy atom. The highest BCUT2D eigenvalue weighted by Gasteiger charge is 2.26. The smallest absolute Gasteiger partial charge is 0.230 e. The van der Waals surface area contributed by atoms with Crippen LogP contribution in [-0.2, 0) is 4.79 Å². The van der Waals surface area contributed by atoms with Gasteiger partial charge in [0, 0.05) is 11.1 Å². The average molecular weight is 223 g/mol. The van der Waals surface area contributed by atoms with Crippen LogP contribution in [0.5, 0.6) is 0 Å². The first-order chi connectivity index (χ1) is 7.45. The van der Waals surface area contributed by atoms with Crippen molar-refractivity contribution in [1.82, 2.24) is 0 Å². The van der Waals surface area contributed by atoms with Gasteiger partial charge >= 0.3 is 0 Å². The van der Waals surface area contributed by atoms with E-state index < -0.39 is 0 Å². The molecule has 0 aliphatic heterocycles. The van der Waals surface area contributed by atoms with Crippen molar-refractivity contribution >= 4 is 11.6 Å². The summed E-state index contributed by atoms with van der Waals surface area (Å²) >= 11 is 0. The lowest BCUT2D eigenvalue weighted by Crippen LogP contribution is -2.30. The lowest BCUT2D eigenvalue weighted by Gasteiger charge is -2.22. The van der Waals surface area contributed by atoms with E-state index in [0.29, 0.717) is 5.69 Å². The van der Waals surface area contributed by atoms with Crippen molar-refractivity contribution in [2.24, 2.45) is 5.41 Å². The Morgan fingerprint density at radius 1 is 1.31 bits per heavy atom. The maximum Gasteiger partial charge on any atom is 0.230 e. The number of benzene rings is 1. The van der Waals surface area contributed by atoms with E-state index >= 15 is 0 Å². The number of carbonyl (C=O) groups excluding carboxylic acids is 1. The SMILES string of the molecule is CCCC(C)(C)C(=O)Nc1ccc(F)cc1. The number of carbonyl (C=O) groups is 1. The van der Waals surface area contributed by atoms with Crippen LogP contribution in [-0.4, -0.2) is 5.91 Å². The van der Waals surface area contributed by atoms with E-state index in [9.17, 15) is 9.18 Å². The molecule has 0 bridgehead atoms. The molecule has 0 aliphatic rings. The first-order valence-corrected chi connectivity index (χ1v) is 5.53. The van der Waals surface area contributed by atoms with Crippen molar-refractivity contribution in [1.29, 1.82) is 0 Å². The Labute approximate surface area is 95.9 Å². The summed E-state index contributed by atoms with van der Waals surface area (Å²) in [5, 5.41) is 2.79. The zero-order chi connectivity index (χ0) is 12.2. The van der Waals surface area contributed by atoms with Crippen LogP contribution in [0, 0.1) is 11.2 Å². The van der Waals surface area contributed by atoms with Gasteiger partial charge in [0.25, 0.3) is 0 Å². The van der Waals surface area contributed by atoms with E-state index in [4.69, 9.17) is 0 Å². The molecular weight excluding hydrogens is 205 g/mol. The van der Waals surface area contributed by atoms with Crippen molar-refractivity contribution in [3.63, 3.8) is 0 Å². The molecule has 0 unspecified atom stereocenters. The number of hydrogen-bond acceptors (Lipinski definition) is 1. The first-order valence-electron chi connectivity index (χ1n) is 5.53. The summed E-state index contributed by atoms with van der Waals surface area (Å²) in [6, 6.07) is 5.80. The Morgan fingerprint density at radius 3 is 2.38 bits per heavy atom. The number of anilines is 1. The molecule has 0 fully saturated rings. The lowest BCUT2D eigenvalue weighted by atomic mass is 9.87. The summed E-state index contributed by atoms with van der Waals surface area (Å²) in [4.78, 5) is 11.9. The van der Waals surface area contributed by atoms with Crippen LogP contribution in [0.25, 0.3) is 0 Å². The summed E-state index contributed by atoms with van der Waals surface area (Å²) < 4.78 is 12.7. The first kappa shape index (κ1) is 12.7. The summed E-state index contributed by atoms with van der Waals surface area (Å²) in [6.45, 7) is 5.87. The number of nitrogens with one attached hydrogen (secondary N) is 1. The van der Waals surface area contributed by atoms with Crippen LogP contribution in [0.3, 0.4) is 0 Å². The largest absolute Gasteiger partial charge is 0.326 e. The fourth-order valence-electron chi connectivity index (χ4n) is 1.57. The van der Waals surface area contributed by atoms with Crippen molar-refractivity contribution < 1.29 is 9.18 Å². The highest BCUT2D eigenvalue weighted by Crippen LogP contribution is 2.24. The summed E-state index contributed by atoms with van der Waals surface area (Å²) in [5.41, 5.74) is 0.249. The molecule has 1 amide bonds. The van der Waals surface area contributed by atoms with E-state index in [1.807, 2.05) is 20.8 Å². The molecule has 1 rings (SSSR count). The van der Waals surface area contributed by atoms with E-state index in [-0.39, 0.29) is 17.1 Å². The van der Waals surface area contributed by atoms with Crippen LogP contribution in [0.1, 0.15) is 33.6 Å². The molecule has 0 aromatic heterocycles. The lowest BCUT2D eigenvalue weighted by molar-refractivity contribution is -0.124. The van der Waals surface area contributed by atoms with Crippen LogP contribution in [0.4, 0.5) is 10.1 Å². The quantitative estimate of drug-likeness (QED) is 0.830. The number of halogens is 1. The second-order valence-electron chi connectivity index (χ2n) is 4.59. The van der Waals surface area contributed by atoms with Gasteiger partial charge in [0.1, 0.15) is 5.82 Å². The molecule has 3 heteroatoms. The fourth-order valence-corrected chi connectivity index (χ4v) is 1.57. The van der Waals surface area contributed by atoms with E-state index in [1.54, 1.807) is 12.1 Å². The maximum absolute atomic E-state index is 12.7. The standard InChI is InChI=1S/C13H18FNO/c1-4-9-13(2,3)12(16)15-11-7-5-10(14)6-8-11/h5-8H,4,9H2,1-3H3,(H,15,16). The molecule has 0 radical (unpaired) electrons. The number of hydrogen-bond donors (Lipinski definition) is 1. The molecule has 1 aromatic rings. The van der Waals surface area contributed by atoms with Gasteiger partial charge in [-0.2, -0.15) is 0 Å². The molecule has 0 spiro atoms. The van der Waals surface area contributed by atoms with Crippen LogP contribution in [0.15, 0.2) is 24.3 Å². The maximum atomic E-state index is 12.7. The van der Waals surface area contributed by atoms with Crippen molar-refractivity contribution in [2.45, 2.75) is 33.6 Å². The topological polar surface area (TPSA) is 29.1 Å². The van der Waals surface area contributed by atoms with Crippen molar-refractivity contribution in [3.8, 4) is 0 Å². The summed E-state index contributed by atoms with van der Waals surface area (Å²) in [6.07, 6.45) is 1.80. The van der Waals surface area contributed by atoms with Gasteiger partial charge in [-0.05, 0) is 30.7 Å². The molecule has 0 heterocycles. The van der Waals surface area contributed by atoms with Gasteiger partial charge in [-0.25, -0.2) is 4.39 Å². The van der Waals surface area contributed by atoms with Crippen molar-refractivity contribution in [2.75, 3.05) is 5.32 Å². The van der Waals surface area contributed by atoms with Crippen LogP contribution in [0.2, 0.25) is 0 Å². The predicted octanol–water partition coefficient (Wildman–Crippen LogP) is 3.59. The van der Waals surface area contributed by atoms with Gasteiger partial charge in [0.05, 0.1) is 0 Å². The van der Waals surface area contributed by atoms with Crippen molar-refractivity contribution in [3.05, 3.63) is 30.1 Å². The molecular formula is C13H18FNO. The Balaban J connectivity index is 2.67. The zero-order valence-electron chi connectivity index (χ0n) is 10.0. The minimum absolute atomic E-state index is 0.0269. The third kappa shape index (κ3) is 3.33. The molecule has 0 saturated heterocycles. The van der Waals surface area contributed by atoms with Gasteiger partial charge < -0.3 is 5.32 Å². The zero-order valence-corrected chi connectivity index (χ0v) is 10.0. The molecule has 1 N–H and O–H groups in total. The molecule has 0 aliphatic carbocycles. The van der Waals surface area contributed by atoms with E-state index in [2.05, 4.69) is 5.32 Å². The Hall–Kier alpha value is -1.38. The highest BCUT2D eigenvalue weighted by atomic mass is 19.1.